The zero-order valence-corrected chi connectivity index (χ0v) is 21.6. The van der Waals surface area contributed by atoms with Gasteiger partial charge in [-0.05, 0) is 47.6 Å². The molecule has 188 valence electrons. The molecule has 1 heterocycles. The maximum absolute atomic E-state index is 15.5. The quantitative estimate of drug-likeness (QED) is 0.447. The van der Waals surface area contributed by atoms with Gasteiger partial charge in [-0.3, -0.25) is 4.79 Å². The molecule has 3 N–H and O–H groups in total. The largest absolute Gasteiger partial charge is 0.394 e. The van der Waals surface area contributed by atoms with Gasteiger partial charge in [0.15, 0.2) is 0 Å². The molecule has 1 saturated heterocycles. The van der Waals surface area contributed by atoms with E-state index in [-0.39, 0.29) is 35.8 Å². The first-order chi connectivity index (χ1) is 16.5. The second kappa shape index (κ2) is 10.9. The summed E-state index contributed by atoms with van der Waals surface area (Å²) in [7, 11) is 0. The maximum atomic E-state index is 15.5. The van der Waals surface area contributed by atoms with Gasteiger partial charge < -0.3 is 15.5 Å². The van der Waals surface area contributed by atoms with Crippen molar-refractivity contribution in [1.82, 2.24) is 5.32 Å². The topological polar surface area (TPSA) is 93.3 Å². The van der Waals surface area contributed by atoms with Gasteiger partial charge in [-0.15, -0.1) is 0 Å². The van der Waals surface area contributed by atoms with Crippen molar-refractivity contribution < 1.29 is 19.4 Å². The Hall–Kier alpha value is -2.01. The zero-order valence-electron chi connectivity index (χ0n) is 20.1. The van der Waals surface area contributed by atoms with Gasteiger partial charge in [0.2, 0.25) is 0 Å². The number of nitriles is 1. The molecule has 3 rings (SSSR count). The molecule has 35 heavy (non-hydrogen) atoms. The molecule has 5 atom stereocenters. The van der Waals surface area contributed by atoms with Crippen molar-refractivity contribution >= 4 is 29.0 Å². The normalized spacial score (nSPS) is 25.3. The summed E-state index contributed by atoms with van der Waals surface area (Å²) in [5.41, 5.74) is -0.960. The van der Waals surface area contributed by atoms with Gasteiger partial charge >= 0.3 is 0 Å². The van der Waals surface area contributed by atoms with Crippen LogP contribution < -0.4 is 5.32 Å². The Bertz CT molecular complexity index is 1100. The number of carbonyl (C=O) groups is 1. The van der Waals surface area contributed by atoms with Crippen molar-refractivity contribution in [3.8, 4) is 6.07 Å². The Morgan fingerprint density at radius 1 is 1.23 bits per heavy atom. The highest BCUT2D eigenvalue weighted by atomic mass is 35.5. The summed E-state index contributed by atoms with van der Waals surface area (Å²) in [5.74, 6) is -1.72. The highest BCUT2D eigenvalue weighted by molar-refractivity contribution is 6.31. The first kappa shape index (κ1) is 27.6. The summed E-state index contributed by atoms with van der Waals surface area (Å²) >= 11 is 12.3. The number of ketones is 1. The molecule has 0 amide bonds. The molecule has 0 saturated carbocycles. The lowest BCUT2D eigenvalue weighted by Crippen LogP contribution is -2.50. The van der Waals surface area contributed by atoms with Crippen LogP contribution in [-0.2, 0) is 10.2 Å². The van der Waals surface area contributed by atoms with E-state index in [2.05, 4.69) is 11.4 Å². The third-order valence-electron chi connectivity index (χ3n) is 6.83. The number of aliphatic hydroxyl groups excluding tert-OH is 2. The van der Waals surface area contributed by atoms with E-state index in [0.717, 1.165) is 0 Å². The highest BCUT2D eigenvalue weighted by Crippen LogP contribution is 2.54. The summed E-state index contributed by atoms with van der Waals surface area (Å²) in [6.07, 6.45) is -0.194. The third-order valence-corrected chi connectivity index (χ3v) is 7.38. The number of carbonyl (C=O) groups excluding carboxylic acids is 1. The van der Waals surface area contributed by atoms with Crippen molar-refractivity contribution in [1.29, 1.82) is 5.26 Å². The number of nitrogens with one attached hydrogen (secondary N) is 1. The summed E-state index contributed by atoms with van der Waals surface area (Å²) < 4.78 is 15.5. The molecule has 0 aliphatic carbocycles. The van der Waals surface area contributed by atoms with Gasteiger partial charge in [0.05, 0.1) is 29.8 Å². The molecule has 1 fully saturated rings. The molecule has 2 aromatic carbocycles. The minimum absolute atomic E-state index is 0.0816. The molecule has 0 aromatic heterocycles. The Morgan fingerprint density at radius 3 is 2.46 bits per heavy atom. The lowest BCUT2D eigenvalue weighted by atomic mass is 9.60. The fraction of sp³-hybridized carbons (Fsp3) is 0.481. The highest BCUT2D eigenvalue weighted by Gasteiger charge is 2.62. The second-order valence-corrected chi connectivity index (χ2v) is 11.1. The summed E-state index contributed by atoms with van der Waals surface area (Å²) in [5, 5.41) is 33.4. The molecular weight excluding hydrogens is 490 g/mol. The molecule has 0 spiro atoms. The zero-order chi connectivity index (χ0) is 26.0. The number of rotatable bonds is 8. The van der Waals surface area contributed by atoms with Gasteiger partial charge in [-0.1, -0.05) is 68.2 Å². The van der Waals surface area contributed by atoms with E-state index >= 15 is 4.39 Å². The SMILES string of the molecule is CC(C)(C)[C@@H]1N[C@@H](C(=O)CCC[C@H](O)CO)[C@H](c2cccc(Cl)c2F)[C@@]1(C#N)c1ccc(Cl)cc1. The van der Waals surface area contributed by atoms with E-state index < -0.39 is 40.8 Å². The molecule has 1 aliphatic rings. The van der Waals surface area contributed by atoms with Gasteiger partial charge in [0.25, 0.3) is 0 Å². The van der Waals surface area contributed by atoms with Gasteiger partial charge in [-0.2, -0.15) is 5.26 Å². The van der Waals surface area contributed by atoms with Crippen LogP contribution in [0.2, 0.25) is 10.0 Å². The van der Waals surface area contributed by atoms with Crippen LogP contribution in [0.4, 0.5) is 4.39 Å². The molecule has 0 unspecified atom stereocenters. The minimum atomic E-state index is -1.31. The number of halogens is 3. The van der Waals surface area contributed by atoms with Crippen LogP contribution in [0, 0.1) is 22.6 Å². The fourth-order valence-electron chi connectivity index (χ4n) is 5.28. The minimum Gasteiger partial charge on any atom is -0.394 e. The van der Waals surface area contributed by atoms with Crippen molar-refractivity contribution in [2.75, 3.05) is 6.61 Å². The lowest BCUT2D eigenvalue weighted by Gasteiger charge is -2.41. The van der Waals surface area contributed by atoms with Crippen LogP contribution in [0.1, 0.15) is 57.1 Å². The molecule has 8 heteroatoms. The van der Waals surface area contributed by atoms with Crippen LogP contribution in [0.5, 0.6) is 0 Å². The Morgan fingerprint density at radius 2 is 1.89 bits per heavy atom. The van der Waals surface area contributed by atoms with Crippen LogP contribution >= 0.6 is 23.2 Å². The number of hydrogen-bond acceptors (Lipinski definition) is 5. The van der Waals surface area contributed by atoms with E-state index in [9.17, 15) is 15.2 Å². The van der Waals surface area contributed by atoms with Crippen LogP contribution in [0.25, 0.3) is 0 Å². The number of aliphatic hydroxyl groups is 2. The first-order valence-corrected chi connectivity index (χ1v) is 12.4. The van der Waals surface area contributed by atoms with Gasteiger partial charge in [0.1, 0.15) is 17.0 Å². The van der Waals surface area contributed by atoms with Crippen LogP contribution in [0.3, 0.4) is 0 Å². The predicted molar refractivity (Wildman–Crippen MR) is 135 cm³/mol. The standard InChI is InChI=1S/C27H31Cl2FN2O3/c1-26(2,3)25-27(15-31,16-10-12-17(28)13-11-16)22(19-7-5-8-20(29)23(19)30)24(32-25)21(35)9-4-6-18(34)14-33/h5,7-8,10-13,18,22,24-25,32-34H,4,6,9,14H2,1-3H3/t18-,22-,24-,25-,27+/m0/s1. The van der Waals surface area contributed by atoms with E-state index in [1.54, 1.807) is 36.4 Å². The average molecular weight is 521 g/mol. The van der Waals surface area contributed by atoms with Crippen molar-refractivity contribution in [2.45, 2.75) is 69.6 Å². The maximum Gasteiger partial charge on any atom is 0.150 e. The third kappa shape index (κ3) is 5.40. The lowest BCUT2D eigenvalue weighted by molar-refractivity contribution is -0.121. The molecule has 0 bridgehead atoms. The van der Waals surface area contributed by atoms with E-state index in [4.69, 9.17) is 28.3 Å². The second-order valence-electron chi connectivity index (χ2n) is 10.2. The molecule has 0 radical (unpaired) electrons. The van der Waals surface area contributed by atoms with Crippen molar-refractivity contribution in [2.24, 2.45) is 5.41 Å². The molecular formula is C27H31Cl2FN2O3. The smallest absolute Gasteiger partial charge is 0.150 e. The van der Waals surface area contributed by atoms with Crippen molar-refractivity contribution in [3.05, 3.63) is 69.5 Å². The Labute approximate surface area is 215 Å². The van der Waals surface area contributed by atoms with E-state index in [0.29, 0.717) is 17.0 Å². The summed E-state index contributed by atoms with van der Waals surface area (Å²) in [6.45, 7) is 5.54. The monoisotopic (exact) mass is 520 g/mol. The van der Waals surface area contributed by atoms with Crippen LogP contribution in [-0.4, -0.2) is 40.8 Å². The number of hydrogen-bond donors (Lipinski definition) is 3. The van der Waals surface area contributed by atoms with Crippen molar-refractivity contribution in [3.63, 3.8) is 0 Å². The van der Waals surface area contributed by atoms with E-state index in [1.165, 1.54) is 6.07 Å². The number of benzene rings is 2. The Balaban J connectivity index is 2.21. The molecule has 1 aliphatic heterocycles. The number of Topliss-reactive ketones (excluding diaryl/α,β-unsaturated/α-hetero) is 1. The summed E-state index contributed by atoms with van der Waals surface area (Å²) in [4.78, 5) is 13.6. The molecule has 5 nitrogen and oxygen atoms in total. The molecule has 2 aromatic rings. The number of nitrogens with zero attached hydrogens (tertiary/aromatic N) is 1. The van der Waals surface area contributed by atoms with Gasteiger partial charge in [0, 0.05) is 23.4 Å². The predicted octanol–water partition coefficient (Wildman–Crippen LogP) is 5.16. The van der Waals surface area contributed by atoms with E-state index in [1.807, 2.05) is 20.8 Å². The Kier molecular flexibility index (Phi) is 8.62. The van der Waals surface area contributed by atoms with Crippen LogP contribution in [0.15, 0.2) is 42.5 Å². The summed E-state index contributed by atoms with van der Waals surface area (Å²) in [6, 6.07) is 12.6. The first-order valence-electron chi connectivity index (χ1n) is 11.7. The fourth-order valence-corrected chi connectivity index (χ4v) is 5.58. The van der Waals surface area contributed by atoms with Gasteiger partial charge in [-0.25, -0.2) is 4.39 Å². The average Bonchev–Trinajstić information content (AvgIpc) is 3.17.